The molecule has 28 heavy (non-hydrogen) atoms. The van der Waals surface area contributed by atoms with Crippen LogP contribution in [0.2, 0.25) is 0 Å². The first-order valence-corrected chi connectivity index (χ1v) is 11.0. The Kier molecular flexibility index (Phi) is 6.11. The zero-order valence-electron chi connectivity index (χ0n) is 15.5. The van der Waals surface area contributed by atoms with E-state index >= 15 is 0 Å². The molecule has 8 nitrogen and oxygen atoms in total. The first-order valence-electron chi connectivity index (χ1n) is 8.74. The second-order valence-corrected chi connectivity index (χ2v) is 9.37. The van der Waals surface area contributed by atoms with Crippen LogP contribution in [0.25, 0.3) is 0 Å². The number of methoxy groups -OCH3 is 1. The van der Waals surface area contributed by atoms with Gasteiger partial charge in [0.2, 0.25) is 15.9 Å². The second-order valence-electron chi connectivity index (χ2n) is 6.43. The van der Waals surface area contributed by atoms with E-state index in [0.717, 1.165) is 11.3 Å². The zero-order valence-corrected chi connectivity index (χ0v) is 17.2. The fraction of sp³-hybridized carbons (Fsp3) is 0.389. The van der Waals surface area contributed by atoms with Crippen molar-refractivity contribution in [1.29, 1.82) is 0 Å². The van der Waals surface area contributed by atoms with Crippen LogP contribution >= 0.6 is 11.3 Å². The predicted octanol–water partition coefficient (Wildman–Crippen LogP) is 2.28. The van der Waals surface area contributed by atoms with E-state index in [0.29, 0.717) is 35.1 Å². The lowest BCUT2D eigenvalue weighted by atomic mass is 9.99. The Bertz CT molecular complexity index is 972. The highest BCUT2D eigenvalue weighted by molar-refractivity contribution is 7.89. The summed E-state index contributed by atoms with van der Waals surface area (Å²) < 4.78 is 31.6. The number of hydrogen-bond acceptors (Lipinski definition) is 7. The molecule has 1 N–H and O–H groups in total. The topological polar surface area (TPSA) is 106 Å². The number of benzene rings is 1. The van der Waals surface area contributed by atoms with E-state index in [-0.39, 0.29) is 17.3 Å². The highest BCUT2D eigenvalue weighted by Crippen LogP contribution is 2.27. The van der Waals surface area contributed by atoms with Gasteiger partial charge in [-0.25, -0.2) is 18.2 Å². The number of aromatic nitrogens is 1. The van der Waals surface area contributed by atoms with Crippen LogP contribution in [0.5, 0.6) is 0 Å². The average molecular weight is 424 g/mol. The molecule has 2 aromatic rings. The number of piperidine rings is 1. The Morgan fingerprint density at radius 2 is 2.00 bits per heavy atom. The second kappa shape index (κ2) is 8.38. The molecule has 1 aliphatic heterocycles. The van der Waals surface area contributed by atoms with Gasteiger partial charge in [-0.2, -0.15) is 4.31 Å². The predicted molar refractivity (Wildman–Crippen MR) is 105 cm³/mol. The van der Waals surface area contributed by atoms with Crippen LogP contribution in [-0.4, -0.2) is 49.8 Å². The first-order chi connectivity index (χ1) is 13.3. The Morgan fingerprint density at radius 3 is 2.68 bits per heavy atom. The minimum atomic E-state index is -3.64. The van der Waals surface area contributed by atoms with E-state index in [1.165, 1.54) is 11.4 Å². The summed E-state index contributed by atoms with van der Waals surface area (Å²) in [5.74, 6) is -1.30. The third kappa shape index (κ3) is 4.23. The monoisotopic (exact) mass is 423 g/mol. The first kappa shape index (κ1) is 20.4. The molecule has 1 unspecified atom stereocenters. The lowest BCUT2D eigenvalue weighted by molar-refractivity contribution is -0.120. The minimum Gasteiger partial charge on any atom is -0.465 e. The van der Waals surface area contributed by atoms with Gasteiger partial charge in [0.05, 0.1) is 23.6 Å². The van der Waals surface area contributed by atoms with Crippen LogP contribution in [0, 0.1) is 12.8 Å². The van der Waals surface area contributed by atoms with Gasteiger partial charge < -0.3 is 10.1 Å². The maximum absolute atomic E-state index is 12.8. The number of aryl methyl sites for hydroxylation is 1. The summed E-state index contributed by atoms with van der Waals surface area (Å²) >= 11 is 1.04. The Labute approximate surface area is 167 Å². The van der Waals surface area contributed by atoms with Crippen molar-refractivity contribution >= 4 is 38.4 Å². The van der Waals surface area contributed by atoms with Gasteiger partial charge in [0.1, 0.15) is 4.88 Å². The molecular formula is C18H21N3O5S2. The van der Waals surface area contributed by atoms with Gasteiger partial charge in [0, 0.05) is 13.1 Å². The van der Waals surface area contributed by atoms with Crippen molar-refractivity contribution in [2.75, 3.05) is 25.5 Å². The van der Waals surface area contributed by atoms with Crippen molar-refractivity contribution in [2.45, 2.75) is 24.7 Å². The van der Waals surface area contributed by atoms with Crippen molar-refractivity contribution < 1.29 is 22.7 Å². The normalized spacial score (nSPS) is 17.9. The fourth-order valence-electron chi connectivity index (χ4n) is 3.06. The van der Waals surface area contributed by atoms with Gasteiger partial charge >= 0.3 is 5.97 Å². The van der Waals surface area contributed by atoms with E-state index in [2.05, 4.69) is 10.3 Å². The third-order valence-electron chi connectivity index (χ3n) is 4.53. The number of amides is 1. The van der Waals surface area contributed by atoms with Crippen molar-refractivity contribution in [1.82, 2.24) is 9.29 Å². The van der Waals surface area contributed by atoms with Gasteiger partial charge in [-0.15, -0.1) is 0 Å². The van der Waals surface area contributed by atoms with Crippen LogP contribution < -0.4 is 5.32 Å². The largest absolute Gasteiger partial charge is 0.465 e. The summed E-state index contributed by atoms with van der Waals surface area (Å²) in [5, 5.41) is 3.00. The Morgan fingerprint density at radius 1 is 1.29 bits per heavy atom. The highest BCUT2D eigenvalue weighted by Gasteiger charge is 2.33. The third-order valence-corrected chi connectivity index (χ3v) is 7.47. The molecule has 2 heterocycles. The SMILES string of the molecule is COC(=O)c1sc(NC(=O)C2CCCN(S(=O)(=O)c3ccccc3)C2)nc1C. The lowest BCUT2D eigenvalue weighted by Gasteiger charge is -2.31. The number of ether oxygens (including phenoxy) is 1. The number of thiazole rings is 1. The molecule has 1 fully saturated rings. The molecule has 3 rings (SSSR count). The molecular weight excluding hydrogens is 402 g/mol. The van der Waals surface area contributed by atoms with E-state index in [1.807, 2.05) is 0 Å². The van der Waals surface area contributed by atoms with E-state index in [1.54, 1.807) is 37.3 Å². The molecule has 1 atom stereocenters. The molecule has 0 bridgehead atoms. The number of anilines is 1. The molecule has 0 radical (unpaired) electrons. The molecule has 0 saturated carbocycles. The van der Waals surface area contributed by atoms with E-state index in [4.69, 9.17) is 4.74 Å². The lowest BCUT2D eigenvalue weighted by Crippen LogP contribution is -2.43. The van der Waals surface area contributed by atoms with E-state index in [9.17, 15) is 18.0 Å². The number of rotatable bonds is 5. The molecule has 1 aromatic heterocycles. The maximum Gasteiger partial charge on any atom is 0.350 e. The minimum absolute atomic E-state index is 0.108. The van der Waals surface area contributed by atoms with Crippen LogP contribution in [0.3, 0.4) is 0 Å². The van der Waals surface area contributed by atoms with Crippen molar-refractivity contribution in [3.8, 4) is 0 Å². The Hall–Kier alpha value is -2.30. The number of hydrogen-bond donors (Lipinski definition) is 1. The quantitative estimate of drug-likeness (QED) is 0.740. The summed E-state index contributed by atoms with van der Waals surface area (Å²) in [4.78, 5) is 29.1. The molecule has 1 aromatic carbocycles. The molecule has 0 spiro atoms. The standard InChI is InChI=1S/C18H21N3O5S2/c1-12-15(17(23)26-2)27-18(19-12)20-16(22)13-7-6-10-21(11-13)28(24,25)14-8-4-3-5-9-14/h3-5,8-9,13H,6-7,10-11H2,1-2H3,(H,19,20,22). The summed E-state index contributed by atoms with van der Waals surface area (Å²) in [5.41, 5.74) is 0.476. The van der Waals surface area contributed by atoms with Gasteiger partial charge in [-0.1, -0.05) is 29.5 Å². The maximum atomic E-state index is 12.8. The van der Waals surface area contributed by atoms with Gasteiger partial charge in [-0.05, 0) is 31.9 Å². The number of esters is 1. The van der Waals surface area contributed by atoms with Crippen LogP contribution in [0.1, 0.15) is 28.2 Å². The highest BCUT2D eigenvalue weighted by atomic mass is 32.2. The number of sulfonamides is 1. The van der Waals surface area contributed by atoms with Gasteiger partial charge in [-0.3, -0.25) is 4.79 Å². The number of nitrogens with zero attached hydrogens (tertiary/aromatic N) is 2. The Balaban J connectivity index is 1.71. The zero-order chi connectivity index (χ0) is 20.3. The van der Waals surface area contributed by atoms with Crippen LogP contribution in [0.4, 0.5) is 5.13 Å². The summed E-state index contributed by atoms with van der Waals surface area (Å²) in [6, 6.07) is 8.19. The summed E-state index contributed by atoms with van der Waals surface area (Å²) in [7, 11) is -2.36. The molecule has 1 aliphatic rings. The molecule has 10 heteroatoms. The number of nitrogens with one attached hydrogen (secondary N) is 1. The number of carbonyl (C=O) groups is 2. The molecule has 1 amide bonds. The van der Waals surface area contributed by atoms with Crippen molar-refractivity contribution in [3.05, 3.63) is 40.9 Å². The number of carbonyl (C=O) groups excluding carboxylic acids is 2. The van der Waals surface area contributed by atoms with Crippen molar-refractivity contribution in [2.24, 2.45) is 5.92 Å². The fourth-order valence-corrected chi connectivity index (χ4v) is 5.49. The smallest absolute Gasteiger partial charge is 0.350 e. The summed E-state index contributed by atoms with van der Waals surface area (Å²) in [6.45, 7) is 2.15. The molecule has 150 valence electrons. The van der Waals surface area contributed by atoms with Gasteiger partial charge in [0.15, 0.2) is 5.13 Å². The van der Waals surface area contributed by atoms with Crippen molar-refractivity contribution in [3.63, 3.8) is 0 Å². The molecule has 0 aliphatic carbocycles. The summed E-state index contributed by atoms with van der Waals surface area (Å²) in [6.07, 6.45) is 1.18. The average Bonchev–Trinajstić information content (AvgIpc) is 3.08. The van der Waals surface area contributed by atoms with E-state index < -0.39 is 21.9 Å². The van der Waals surface area contributed by atoms with Gasteiger partial charge in [0.25, 0.3) is 0 Å². The molecule has 1 saturated heterocycles. The van der Waals surface area contributed by atoms with Crippen LogP contribution in [-0.2, 0) is 19.6 Å². The van der Waals surface area contributed by atoms with Crippen LogP contribution in [0.15, 0.2) is 35.2 Å².